The van der Waals surface area contributed by atoms with Crippen LogP contribution in [0.3, 0.4) is 0 Å². The molecule has 11 heteroatoms. The van der Waals surface area contributed by atoms with Gasteiger partial charge in [-0.05, 0) is 62.6 Å². The zero-order valence-electron chi connectivity index (χ0n) is 23.5. The molecule has 0 bridgehead atoms. The first-order valence-corrected chi connectivity index (χ1v) is 15.1. The number of amides is 1. The van der Waals surface area contributed by atoms with E-state index >= 15 is 0 Å². The Morgan fingerprint density at radius 1 is 0.881 bits per heavy atom. The minimum atomic E-state index is -4.38. The quantitative estimate of drug-likeness (QED) is 0.209. The van der Waals surface area contributed by atoms with Crippen molar-refractivity contribution in [3.63, 3.8) is 0 Å². The van der Waals surface area contributed by atoms with Crippen LogP contribution in [0.4, 0.5) is 5.69 Å². The molecule has 1 amide bonds. The molecule has 0 aliphatic heterocycles. The molecule has 0 atom stereocenters. The van der Waals surface area contributed by atoms with Crippen molar-refractivity contribution in [3.05, 3.63) is 100 Å². The van der Waals surface area contributed by atoms with Gasteiger partial charge in [0.05, 0.1) is 17.7 Å². The molecule has 0 unspecified atom stereocenters. The van der Waals surface area contributed by atoms with Crippen LogP contribution < -0.4 is 14.4 Å². The number of ether oxygens (including phenoxy) is 2. The second kappa shape index (κ2) is 12.6. The van der Waals surface area contributed by atoms with Gasteiger partial charge in [-0.2, -0.15) is 0 Å². The standard InChI is InChI=1S/C31H30Cl2N2O6S/c1-31(2,3)41-29(36)19-35(42(38,39)23-16-21(32)15-22(33)17-23)27-13-8-10-24-25(27)11-7-12-26(24)30(37)34-18-20-9-5-6-14-28(20)40-4/h5-17H,18-19H2,1-4H3,(H,34,37). The maximum absolute atomic E-state index is 14.0. The number of halogens is 2. The van der Waals surface area contributed by atoms with Gasteiger partial charge in [-0.15, -0.1) is 0 Å². The Morgan fingerprint density at radius 3 is 2.19 bits per heavy atom. The number of nitrogens with one attached hydrogen (secondary N) is 1. The summed E-state index contributed by atoms with van der Waals surface area (Å²) in [6.45, 7) is 4.65. The molecule has 0 saturated carbocycles. The van der Waals surface area contributed by atoms with Crippen LogP contribution >= 0.6 is 23.2 Å². The zero-order chi connectivity index (χ0) is 30.7. The maximum Gasteiger partial charge on any atom is 0.327 e. The van der Waals surface area contributed by atoms with Crippen molar-refractivity contribution < 1.29 is 27.5 Å². The van der Waals surface area contributed by atoms with Gasteiger partial charge in [0.25, 0.3) is 15.9 Å². The first-order valence-electron chi connectivity index (χ1n) is 12.9. The molecule has 42 heavy (non-hydrogen) atoms. The van der Waals surface area contributed by atoms with E-state index in [1.165, 1.54) is 18.2 Å². The van der Waals surface area contributed by atoms with Gasteiger partial charge >= 0.3 is 5.97 Å². The Balaban J connectivity index is 1.79. The normalized spacial score (nSPS) is 11.7. The summed E-state index contributed by atoms with van der Waals surface area (Å²) >= 11 is 12.3. The van der Waals surface area contributed by atoms with E-state index in [-0.39, 0.29) is 33.1 Å². The predicted molar refractivity (Wildman–Crippen MR) is 165 cm³/mol. The van der Waals surface area contributed by atoms with E-state index in [4.69, 9.17) is 32.7 Å². The number of anilines is 1. The van der Waals surface area contributed by atoms with Crippen molar-refractivity contribution in [1.82, 2.24) is 5.32 Å². The minimum Gasteiger partial charge on any atom is -0.496 e. The number of benzene rings is 4. The monoisotopic (exact) mass is 628 g/mol. The van der Waals surface area contributed by atoms with Crippen molar-refractivity contribution in [3.8, 4) is 5.75 Å². The Kier molecular flexibility index (Phi) is 9.35. The van der Waals surface area contributed by atoms with E-state index in [0.29, 0.717) is 22.1 Å². The number of methoxy groups -OCH3 is 1. The lowest BCUT2D eigenvalue weighted by atomic mass is 10.0. The first-order chi connectivity index (χ1) is 19.8. The lowest BCUT2D eigenvalue weighted by molar-refractivity contribution is -0.152. The maximum atomic E-state index is 14.0. The number of fused-ring (bicyclic) bond motifs is 1. The van der Waals surface area contributed by atoms with E-state index in [0.717, 1.165) is 9.87 Å². The zero-order valence-corrected chi connectivity index (χ0v) is 25.8. The highest BCUT2D eigenvalue weighted by Gasteiger charge is 2.31. The summed E-state index contributed by atoms with van der Waals surface area (Å²) in [4.78, 5) is 26.1. The largest absolute Gasteiger partial charge is 0.496 e. The number of para-hydroxylation sites is 1. The molecule has 4 rings (SSSR count). The molecule has 0 fully saturated rings. The number of hydrogen-bond acceptors (Lipinski definition) is 6. The van der Waals surface area contributed by atoms with Gasteiger partial charge in [0.2, 0.25) is 0 Å². The molecule has 4 aromatic rings. The van der Waals surface area contributed by atoms with E-state index in [1.807, 2.05) is 18.2 Å². The van der Waals surface area contributed by atoms with Crippen LogP contribution in [0.25, 0.3) is 10.8 Å². The second-order valence-corrected chi connectivity index (χ2v) is 13.1. The predicted octanol–water partition coefficient (Wildman–Crippen LogP) is 6.62. The molecule has 220 valence electrons. The van der Waals surface area contributed by atoms with E-state index < -0.39 is 28.1 Å². The van der Waals surface area contributed by atoms with Gasteiger partial charge in [-0.3, -0.25) is 13.9 Å². The van der Waals surface area contributed by atoms with Crippen LogP contribution in [0.5, 0.6) is 5.75 Å². The molecule has 4 aromatic carbocycles. The Hall–Kier alpha value is -3.79. The molecular weight excluding hydrogens is 599 g/mol. The van der Waals surface area contributed by atoms with Gasteiger partial charge in [0, 0.05) is 33.1 Å². The van der Waals surface area contributed by atoms with Crippen molar-refractivity contribution >= 4 is 61.6 Å². The van der Waals surface area contributed by atoms with Gasteiger partial charge in [-0.1, -0.05) is 65.7 Å². The molecule has 1 N–H and O–H groups in total. The molecule has 0 aromatic heterocycles. The van der Waals surface area contributed by atoms with Gasteiger partial charge in [0.15, 0.2) is 0 Å². The van der Waals surface area contributed by atoms with Crippen LogP contribution in [0, 0.1) is 0 Å². The molecule has 0 heterocycles. The van der Waals surface area contributed by atoms with E-state index in [2.05, 4.69) is 5.32 Å². The smallest absolute Gasteiger partial charge is 0.327 e. The molecular formula is C31H30Cl2N2O6S. The number of hydrogen-bond donors (Lipinski definition) is 1. The summed E-state index contributed by atoms with van der Waals surface area (Å²) < 4.78 is 39.8. The number of carbonyl (C=O) groups excluding carboxylic acids is 2. The Labute approximate surface area is 255 Å². The number of rotatable bonds is 9. The topological polar surface area (TPSA) is 102 Å². The number of sulfonamides is 1. The fourth-order valence-electron chi connectivity index (χ4n) is 4.42. The number of esters is 1. The van der Waals surface area contributed by atoms with Crippen LogP contribution in [0.15, 0.2) is 83.8 Å². The fourth-order valence-corrected chi connectivity index (χ4v) is 6.58. The highest BCUT2D eigenvalue weighted by atomic mass is 35.5. The molecule has 0 spiro atoms. The third-order valence-corrected chi connectivity index (χ3v) is 8.34. The van der Waals surface area contributed by atoms with Crippen LogP contribution in [-0.2, 0) is 26.1 Å². The highest BCUT2D eigenvalue weighted by Crippen LogP contribution is 2.34. The van der Waals surface area contributed by atoms with Crippen molar-refractivity contribution in [1.29, 1.82) is 0 Å². The fraction of sp³-hybridized carbons (Fsp3) is 0.226. The first kappa shape index (κ1) is 31.2. The van der Waals surface area contributed by atoms with Crippen molar-refractivity contribution in [2.45, 2.75) is 37.8 Å². The van der Waals surface area contributed by atoms with Crippen molar-refractivity contribution in [2.75, 3.05) is 18.0 Å². The lowest BCUT2D eigenvalue weighted by Gasteiger charge is -2.27. The molecule has 0 aliphatic rings. The molecule has 0 saturated heterocycles. The highest BCUT2D eigenvalue weighted by molar-refractivity contribution is 7.93. The van der Waals surface area contributed by atoms with Gasteiger partial charge in [0.1, 0.15) is 17.9 Å². The van der Waals surface area contributed by atoms with Crippen LogP contribution in [0.1, 0.15) is 36.7 Å². The van der Waals surface area contributed by atoms with Crippen molar-refractivity contribution in [2.24, 2.45) is 0 Å². The molecule has 0 aliphatic carbocycles. The Bertz CT molecular complexity index is 1730. The van der Waals surface area contributed by atoms with Crippen LogP contribution in [0.2, 0.25) is 10.0 Å². The SMILES string of the molecule is COc1ccccc1CNC(=O)c1cccc2c(N(CC(=O)OC(C)(C)C)S(=O)(=O)c3cc(Cl)cc(Cl)c3)cccc12. The molecule has 0 radical (unpaired) electrons. The van der Waals surface area contributed by atoms with Gasteiger partial charge in [-0.25, -0.2) is 8.42 Å². The number of nitrogens with zero attached hydrogens (tertiary/aromatic N) is 1. The summed E-state index contributed by atoms with van der Waals surface area (Å²) in [7, 11) is -2.82. The van der Waals surface area contributed by atoms with E-state index in [1.54, 1.807) is 70.3 Å². The molecule has 8 nitrogen and oxygen atoms in total. The summed E-state index contributed by atoms with van der Waals surface area (Å²) in [5, 5.41) is 4.06. The third kappa shape index (κ3) is 7.15. The average Bonchev–Trinajstić information content (AvgIpc) is 2.92. The summed E-state index contributed by atoms with van der Waals surface area (Å²) in [5.74, 6) is -0.490. The van der Waals surface area contributed by atoms with E-state index in [9.17, 15) is 18.0 Å². The summed E-state index contributed by atoms with van der Waals surface area (Å²) in [5.41, 5.74) is 0.444. The summed E-state index contributed by atoms with van der Waals surface area (Å²) in [6.07, 6.45) is 0. The average molecular weight is 630 g/mol. The lowest BCUT2D eigenvalue weighted by Crippen LogP contribution is -2.39. The minimum absolute atomic E-state index is 0.116. The second-order valence-electron chi connectivity index (χ2n) is 10.4. The van der Waals surface area contributed by atoms with Crippen LogP contribution in [-0.4, -0.2) is 39.5 Å². The Morgan fingerprint density at radius 2 is 1.52 bits per heavy atom. The summed E-state index contributed by atoms with van der Waals surface area (Å²) in [6, 6.07) is 21.1. The third-order valence-electron chi connectivity index (χ3n) is 6.16. The number of carbonyl (C=O) groups is 2. The van der Waals surface area contributed by atoms with Gasteiger partial charge < -0.3 is 14.8 Å².